The molecule has 1 saturated carbocycles. The Morgan fingerprint density at radius 1 is 1.62 bits per heavy atom. The van der Waals surface area contributed by atoms with Gasteiger partial charge in [0.05, 0.1) is 6.61 Å². The van der Waals surface area contributed by atoms with Crippen molar-refractivity contribution >= 4 is 5.91 Å². The number of rotatable bonds is 6. The molecule has 0 spiro atoms. The quantitative estimate of drug-likeness (QED) is 0.680. The van der Waals surface area contributed by atoms with Gasteiger partial charge in [0.25, 0.3) is 5.91 Å². The van der Waals surface area contributed by atoms with Gasteiger partial charge < -0.3 is 10.1 Å². The number of amides is 1. The summed E-state index contributed by atoms with van der Waals surface area (Å²) >= 11 is 0. The van der Waals surface area contributed by atoms with Crippen molar-refractivity contribution in [2.75, 3.05) is 19.8 Å². The molecule has 1 aliphatic carbocycles. The van der Waals surface area contributed by atoms with Crippen LogP contribution in [-0.2, 0) is 4.74 Å². The minimum absolute atomic E-state index is 0.180. The Bertz CT molecular complexity index is 359. The number of carbonyl (C=O) groups excluding carboxylic acids is 1. The van der Waals surface area contributed by atoms with Crippen molar-refractivity contribution in [1.82, 2.24) is 20.5 Å². The maximum Gasteiger partial charge on any atom is 0.291 e. The Morgan fingerprint density at radius 3 is 3.06 bits per heavy atom. The van der Waals surface area contributed by atoms with Crippen LogP contribution in [0.4, 0.5) is 0 Å². The van der Waals surface area contributed by atoms with E-state index in [2.05, 4.69) is 20.5 Å². The van der Waals surface area contributed by atoms with Crippen molar-refractivity contribution in [1.29, 1.82) is 0 Å². The highest BCUT2D eigenvalue weighted by atomic mass is 16.5. The van der Waals surface area contributed by atoms with E-state index in [0.29, 0.717) is 19.0 Å². The largest absolute Gasteiger partial charge is 0.379 e. The number of nitrogens with zero attached hydrogens (tertiary/aromatic N) is 2. The summed E-state index contributed by atoms with van der Waals surface area (Å²) < 4.78 is 5.39. The maximum atomic E-state index is 11.5. The van der Waals surface area contributed by atoms with Gasteiger partial charge in [0.1, 0.15) is 5.82 Å². The van der Waals surface area contributed by atoms with E-state index in [1.807, 2.05) is 0 Å². The van der Waals surface area contributed by atoms with Gasteiger partial charge >= 0.3 is 0 Å². The molecule has 1 aromatic rings. The summed E-state index contributed by atoms with van der Waals surface area (Å²) in [7, 11) is 0. The molecule has 0 bridgehead atoms. The van der Waals surface area contributed by atoms with E-state index in [1.165, 1.54) is 12.8 Å². The van der Waals surface area contributed by atoms with E-state index in [4.69, 9.17) is 4.74 Å². The monoisotopic (exact) mass is 224 g/mol. The van der Waals surface area contributed by atoms with Crippen LogP contribution < -0.4 is 5.32 Å². The van der Waals surface area contributed by atoms with E-state index in [1.54, 1.807) is 6.92 Å². The Morgan fingerprint density at radius 2 is 2.44 bits per heavy atom. The Labute approximate surface area is 93.8 Å². The number of carbonyl (C=O) groups is 1. The van der Waals surface area contributed by atoms with Crippen LogP contribution in [0.25, 0.3) is 0 Å². The molecule has 6 nitrogen and oxygen atoms in total. The number of nitrogens with one attached hydrogen (secondary N) is 2. The van der Waals surface area contributed by atoms with Gasteiger partial charge in [-0.15, -0.1) is 5.10 Å². The molecule has 1 heterocycles. The average Bonchev–Trinajstić information content (AvgIpc) is 2.99. The highest BCUT2D eigenvalue weighted by Crippen LogP contribution is 2.28. The molecule has 1 aliphatic rings. The lowest BCUT2D eigenvalue weighted by Crippen LogP contribution is -2.28. The van der Waals surface area contributed by atoms with Crippen molar-refractivity contribution < 1.29 is 9.53 Å². The van der Waals surface area contributed by atoms with Crippen LogP contribution in [0, 0.1) is 12.8 Å². The highest BCUT2D eigenvalue weighted by Gasteiger charge is 2.20. The third kappa shape index (κ3) is 3.30. The Kier molecular flexibility index (Phi) is 3.51. The van der Waals surface area contributed by atoms with E-state index >= 15 is 0 Å². The Hall–Kier alpha value is -1.43. The number of H-pyrrole nitrogens is 1. The van der Waals surface area contributed by atoms with Crippen LogP contribution >= 0.6 is 0 Å². The Balaban J connectivity index is 1.59. The average molecular weight is 224 g/mol. The van der Waals surface area contributed by atoms with Crippen LogP contribution in [0.1, 0.15) is 29.3 Å². The van der Waals surface area contributed by atoms with E-state index < -0.39 is 0 Å². The zero-order valence-corrected chi connectivity index (χ0v) is 9.32. The van der Waals surface area contributed by atoms with Gasteiger partial charge in [-0.25, -0.2) is 4.98 Å². The van der Waals surface area contributed by atoms with Crippen LogP contribution in [0.15, 0.2) is 0 Å². The summed E-state index contributed by atoms with van der Waals surface area (Å²) in [6, 6.07) is 0. The molecule has 2 N–H and O–H groups in total. The van der Waals surface area contributed by atoms with Gasteiger partial charge in [0.15, 0.2) is 0 Å². The fraction of sp³-hybridized carbons (Fsp3) is 0.700. The molecule has 0 radical (unpaired) electrons. The topological polar surface area (TPSA) is 79.9 Å². The molecule has 0 unspecified atom stereocenters. The maximum absolute atomic E-state index is 11.5. The molecule has 88 valence electrons. The third-order valence-corrected chi connectivity index (χ3v) is 2.38. The number of aromatic amines is 1. The third-order valence-electron chi connectivity index (χ3n) is 2.38. The zero-order chi connectivity index (χ0) is 11.4. The molecule has 0 saturated heterocycles. The van der Waals surface area contributed by atoms with Gasteiger partial charge in [-0.1, -0.05) is 0 Å². The molecule has 1 aromatic heterocycles. The summed E-state index contributed by atoms with van der Waals surface area (Å²) in [5.74, 6) is 1.31. The van der Waals surface area contributed by atoms with Crippen LogP contribution in [0.5, 0.6) is 0 Å². The van der Waals surface area contributed by atoms with Crippen molar-refractivity contribution in [3.05, 3.63) is 11.6 Å². The number of aryl methyl sites for hydroxylation is 1. The van der Waals surface area contributed by atoms with Crippen molar-refractivity contribution in [2.45, 2.75) is 19.8 Å². The molecule has 1 amide bonds. The molecule has 1 fully saturated rings. The minimum atomic E-state index is -0.264. The second kappa shape index (κ2) is 5.07. The second-order valence-corrected chi connectivity index (χ2v) is 4.02. The van der Waals surface area contributed by atoms with Gasteiger partial charge in [0, 0.05) is 13.2 Å². The molecule has 2 rings (SSSR count). The van der Waals surface area contributed by atoms with E-state index in [-0.39, 0.29) is 11.7 Å². The normalized spacial score (nSPS) is 15.1. The predicted molar refractivity (Wildman–Crippen MR) is 57.0 cm³/mol. The molecular weight excluding hydrogens is 208 g/mol. The smallest absolute Gasteiger partial charge is 0.291 e. The molecule has 0 aromatic carbocycles. The van der Waals surface area contributed by atoms with Crippen molar-refractivity contribution in [3.8, 4) is 0 Å². The summed E-state index contributed by atoms with van der Waals surface area (Å²) in [5.41, 5.74) is 0. The number of aromatic nitrogens is 3. The van der Waals surface area contributed by atoms with Gasteiger partial charge in [-0.3, -0.25) is 9.89 Å². The van der Waals surface area contributed by atoms with Crippen LogP contribution in [-0.4, -0.2) is 40.8 Å². The molecule has 6 heteroatoms. The van der Waals surface area contributed by atoms with Gasteiger partial charge in [-0.2, -0.15) is 0 Å². The fourth-order valence-electron chi connectivity index (χ4n) is 1.29. The van der Waals surface area contributed by atoms with Gasteiger partial charge in [0.2, 0.25) is 5.82 Å². The highest BCUT2D eigenvalue weighted by molar-refractivity contribution is 5.90. The number of ether oxygens (including phenoxy) is 1. The standard InChI is InChI=1S/C10H16N4O2/c1-7-12-9(14-13-7)10(15)11-4-5-16-6-8-2-3-8/h8H,2-6H2,1H3,(H,11,15)(H,12,13,14). The fourth-order valence-corrected chi connectivity index (χ4v) is 1.29. The van der Waals surface area contributed by atoms with Crippen molar-refractivity contribution in [2.24, 2.45) is 5.92 Å². The lowest BCUT2D eigenvalue weighted by Gasteiger charge is -2.03. The van der Waals surface area contributed by atoms with Gasteiger partial charge in [-0.05, 0) is 25.7 Å². The summed E-state index contributed by atoms with van der Waals surface area (Å²) in [4.78, 5) is 15.4. The van der Waals surface area contributed by atoms with E-state index in [9.17, 15) is 4.79 Å². The summed E-state index contributed by atoms with van der Waals surface area (Å²) in [6.45, 7) is 3.61. The first-order valence-electron chi connectivity index (χ1n) is 5.50. The summed E-state index contributed by atoms with van der Waals surface area (Å²) in [6.07, 6.45) is 2.56. The number of hydrogen-bond donors (Lipinski definition) is 2. The SMILES string of the molecule is Cc1nc(C(=O)NCCOCC2CC2)n[nH]1. The molecule has 0 aliphatic heterocycles. The van der Waals surface area contributed by atoms with Crippen molar-refractivity contribution in [3.63, 3.8) is 0 Å². The first kappa shape index (κ1) is 11.1. The van der Waals surface area contributed by atoms with E-state index in [0.717, 1.165) is 12.5 Å². The first-order chi connectivity index (χ1) is 7.75. The minimum Gasteiger partial charge on any atom is -0.379 e. The van der Waals surface area contributed by atoms with Crippen LogP contribution in [0.2, 0.25) is 0 Å². The zero-order valence-electron chi connectivity index (χ0n) is 9.32. The predicted octanol–water partition coefficient (Wildman–Crippen LogP) is 0.270. The lowest BCUT2D eigenvalue weighted by atomic mass is 10.5. The first-order valence-corrected chi connectivity index (χ1v) is 5.50. The number of hydrogen-bond acceptors (Lipinski definition) is 4. The molecular formula is C10H16N4O2. The lowest BCUT2D eigenvalue weighted by molar-refractivity contribution is 0.0897. The second-order valence-electron chi connectivity index (χ2n) is 4.02. The summed E-state index contributed by atoms with van der Waals surface area (Å²) in [5, 5.41) is 9.08. The molecule has 16 heavy (non-hydrogen) atoms. The molecule has 0 atom stereocenters. The van der Waals surface area contributed by atoms with Crippen LogP contribution in [0.3, 0.4) is 0 Å².